The molecule has 0 aliphatic heterocycles. The number of hydrogen-bond acceptors (Lipinski definition) is 2. The maximum absolute atomic E-state index is 10.1. The molecule has 0 fully saturated rings. The summed E-state index contributed by atoms with van der Waals surface area (Å²) < 4.78 is 0. The highest BCUT2D eigenvalue weighted by atomic mass is 16.3. The van der Waals surface area contributed by atoms with Gasteiger partial charge in [0.15, 0.2) is 0 Å². The quantitative estimate of drug-likeness (QED) is 0.643. The van der Waals surface area contributed by atoms with Crippen molar-refractivity contribution < 1.29 is 14.7 Å². The molecule has 0 saturated carbocycles. The van der Waals surface area contributed by atoms with Crippen LogP contribution in [0.3, 0.4) is 0 Å². The first-order chi connectivity index (χ1) is 5.74. The smallest absolute Gasteiger partial charge is 0.290 e. The van der Waals surface area contributed by atoms with E-state index in [2.05, 4.69) is 0 Å². The molecule has 0 aromatic heterocycles. The van der Waals surface area contributed by atoms with Gasteiger partial charge in [-0.15, -0.1) is 0 Å². The van der Waals surface area contributed by atoms with E-state index in [1.54, 1.807) is 0 Å². The molecular weight excluding hydrogens is 156 g/mol. The Kier molecular flexibility index (Phi) is 5.26. The zero-order chi connectivity index (χ0) is 9.40. The average molecular weight is 166 g/mol. The summed E-state index contributed by atoms with van der Waals surface area (Å²) in [5.74, 6) is 0. The first-order valence-electron chi connectivity index (χ1n) is 3.34. The molecule has 0 aliphatic carbocycles. The Morgan fingerprint density at radius 3 is 1.92 bits per heavy atom. The number of hydrogen-bond donors (Lipinski definition) is 1. The normalized spacial score (nSPS) is 7.75. The van der Waals surface area contributed by atoms with Crippen LogP contribution in [0, 0.1) is 6.92 Å². The Balaban J connectivity index is 0.000000354. The fourth-order valence-corrected chi connectivity index (χ4v) is 0.645. The third-order valence-electron chi connectivity index (χ3n) is 1.21. The van der Waals surface area contributed by atoms with Crippen LogP contribution < -0.4 is 0 Å². The van der Waals surface area contributed by atoms with Crippen molar-refractivity contribution in [2.75, 3.05) is 0 Å². The number of benzene rings is 1. The fourth-order valence-electron chi connectivity index (χ4n) is 0.645. The van der Waals surface area contributed by atoms with Crippen molar-refractivity contribution in [2.45, 2.75) is 6.92 Å². The molecule has 0 unspecified atom stereocenters. The van der Waals surface area contributed by atoms with Gasteiger partial charge in [-0.05, 0) is 6.92 Å². The summed E-state index contributed by atoms with van der Waals surface area (Å²) in [5.41, 5.74) is 1.92. The van der Waals surface area contributed by atoms with Gasteiger partial charge in [0, 0.05) is 5.56 Å². The Hall–Kier alpha value is -1.64. The Bertz CT molecular complexity index is 238. The maximum atomic E-state index is 10.1. The molecule has 0 aliphatic rings. The molecule has 0 atom stereocenters. The molecule has 64 valence electrons. The number of carbonyl (C=O) groups is 2. The third-order valence-corrected chi connectivity index (χ3v) is 1.21. The summed E-state index contributed by atoms with van der Waals surface area (Å²) >= 11 is 0. The van der Waals surface area contributed by atoms with E-state index in [1.807, 2.05) is 31.2 Å². The van der Waals surface area contributed by atoms with Gasteiger partial charge in [0.25, 0.3) is 6.47 Å². The Labute approximate surface area is 70.6 Å². The predicted molar refractivity (Wildman–Crippen MR) is 45.3 cm³/mol. The lowest BCUT2D eigenvalue weighted by Crippen LogP contribution is -1.77. The van der Waals surface area contributed by atoms with E-state index in [9.17, 15) is 4.79 Å². The highest BCUT2D eigenvalue weighted by molar-refractivity contribution is 5.74. The summed E-state index contributed by atoms with van der Waals surface area (Å²) in [4.78, 5) is 18.5. The number of aryl methyl sites for hydroxylation is 1. The molecule has 0 saturated heterocycles. The zero-order valence-electron chi connectivity index (χ0n) is 6.73. The van der Waals surface area contributed by atoms with Crippen molar-refractivity contribution in [2.24, 2.45) is 0 Å². The number of rotatable bonds is 1. The van der Waals surface area contributed by atoms with E-state index in [0.717, 1.165) is 11.8 Å². The van der Waals surface area contributed by atoms with E-state index in [1.165, 1.54) is 5.56 Å². The molecule has 12 heavy (non-hydrogen) atoms. The minimum atomic E-state index is -0.250. The minimum Gasteiger partial charge on any atom is -0.483 e. The molecule has 0 spiro atoms. The molecule has 3 heteroatoms. The van der Waals surface area contributed by atoms with E-state index in [-0.39, 0.29) is 6.47 Å². The Morgan fingerprint density at radius 2 is 1.58 bits per heavy atom. The van der Waals surface area contributed by atoms with Crippen LogP contribution in [0.2, 0.25) is 0 Å². The van der Waals surface area contributed by atoms with Crippen LogP contribution in [0.1, 0.15) is 15.9 Å². The van der Waals surface area contributed by atoms with E-state index < -0.39 is 0 Å². The fraction of sp³-hybridized carbons (Fsp3) is 0.111. The van der Waals surface area contributed by atoms with Crippen molar-refractivity contribution in [3.63, 3.8) is 0 Å². The summed E-state index contributed by atoms with van der Waals surface area (Å²) in [5, 5.41) is 6.89. The standard InChI is InChI=1S/C8H8O.CH2O2/c1-7-2-4-8(6-9)5-3-7;2-1-3/h2-6H,1H3;1H,(H,2,3). The SMILES string of the molecule is Cc1ccc(C=O)cc1.O=CO. The van der Waals surface area contributed by atoms with Gasteiger partial charge in [-0.3, -0.25) is 9.59 Å². The lowest BCUT2D eigenvalue weighted by molar-refractivity contribution is -0.122. The highest BCUT2D eigenvalue weighted by Gasteiger charge is 1.85. The molecule has 0 radical (unpaired) electrons. The Morgan fingerprint density at radius 1 is 1.17 bits per heavy atom. The molecule has 1 aromatic rings. The predicted octanol–water partition coefficient (Wildman–Crippen LogP) is 1.51. The van der Waals surface area contributed by atoms with Crippen molar-refractivity contribution in [3.05, 3.63) is 35.4 Å². The van der Waals surface area contributed by atoms with Crippen LogP contribution >= 0.6 is 0 Å². The summed E-state index contributed by atoms with van der Waals surface area (Å²) in [7, 11) is 0. The molecule has 1 aromatic carbocycles. The van der Waals surface area contributed by atoms with Gasteiger partial charge in [0.2, 0.25) is 0 Å². The molecule has 3 nitrogen and oxygen atoms in total. The van der Waals surface area contributed by atoms with Crippen LogP contribution in [0.25, 0.3) is 0 Å². The monoisotopic (exact) mass is 166 g/mol. The van der Waals surface area contributed by atoms with Gasteiger partial charge in [-0.25, -0.2) is 0 Å². The zero-order valence-corrected chi connectivity index (χ0v) is 6.73. The molecular formula is C9H10O3. The molecule has 0 heterocycles. The first-order valence-corrected chi connectivity index (χ1v) is 3.34. The first kappa shape index (κ1) is 10.4. The maximum Gasteiger partial charge on any atom is 0.290 e. The van der Waals surface area contributed by atoms with E-state index in [4.69, 9.17) is 9.90 Å². The lowest BCUT2D eigenvalue weighted by atomic mass is 10.2. The van der Waals surface area contributed by atoms with Crippen molar-refractivity contribution in [1.29, 1.82) is 0 Å². The molecule has 1 N–H and O–H groups in total. The highest BCUT2D eigenvalue weighted by Crippen LogP contribution is 1.98. The lowest BCUT2D eigenvalue weighted by Gasteiger charge is -1.89. The van der Waals surface area contributed by atoms with E-state index in [0.29, 0.717) is 0 Å². The summed E-state index contributed by atoms with van der Waals surface area (Å²) in [6.07, 6.45) is 0.847. The van der Waals surface area contributed by atoms with Crippen molar-refractivity contribution >= 4 is 12.8 Å². The topological polar surface area (TPSA) is 54.4 Å². The van der Waals surface area contributed by atoms with Gasteiger partial charge in [-0.2, -0.15) is 0 Å². The number of carbonyl (C=O) groups excluding carboxylic acids is 1. The minimum absolute atomic E-state index is 0.250. The van der Waals surface area contributed by atoms with Gasteiger partial charge in [-0.1, -0.05) is 29.8 Å². The molecule has 1 rings (SSSR count). The second-order valence-electron chi connectivity index (χ2n) is 2.13. The van der Waals surface area contributed by atoms with Crippen LogP contribution in [-0.4, -0.2) is 17.9 Å². The van der Waals surface area contributed by atoms with E-state index >= 15 is 0 Å². The molecule has 0 bridgehead atoms. The van der Waals surface area contributed by atoms with Crippen molar-refractivity contribution in [1.82, 2.24) is 0 Å². The second kappa shape index (κ2) is 6.09. The van der Waals surface area contributed by atoms with Gasteiger partial charge in [0.05, 0.1) is 0 Å². The third kappa shape index (κ3) is 4.22. The van der Waals surface area contributed by atoms with Crippen molar-refractivity contribution in [3.8, 4) is 0 Å². The van der Waals surface area contributed by atoms with Gasteiger partial charge < -0.3 is 5.11 Å². The van der Waals surface area contributed by atoms with Crippen LogP contribution in [0.4, 0.5) is 0 Å². The van der Waals surface area contributed by atoms with Gasteiger partial charge >= 0.3 is 0 Å². The van der Waals surface area contributed by atoms with Crippen LogP contribution in [-0.2, 0) is 4.79 Å². The molecule has 0 amide bonds. The van der Waals surface area contributed by atoms with Gasteiger partial charge in [0.1, 0.15) is 6.29 Å². The van der Waals surface area contributed by atoms with Crippen LogP contribution in [0.5, 0.6) is 0 Å². The number of aldehydes is 1. The second-order valence-corrected chi connectivity index (χ2v) is 2.13. The summed E-state index contributed by atoms with van der Waals surface area (Å²) in [6.45, 7) is 1.74. The number of carboxylic acid groups (broad SMARTS) is 1. The summed E-state index contributed by atoms with van der Waals surface area (Å²) in [6, 6.07) is 7.46. The van der Waals surface area contributed by atoms with Crippen LogP contribution in [0.15, 0.2) is 24.3 Å². The average Bonchev–Trinajstić information content (AvgIpc) is 2.07. The largest absolute Gasteiger partial charge is 0.483 e.